The molecule has 1 atom stereocenters. The summed E-state index contributed by atoms with van der Waals surface area (Å²) >= 11 is 1.36. The molecule has 2 aromatic carbocycles. The van der Waals surface area contributed by atoms with Gasteiger partial charge in [0.25, 0.3) is 11.2 Å². The fraction of sp³-hybridized carbons (Fsp3) is 0.136. The minimum Gasteiger partial charge on any atom is -0.268 e. The van der Waals surface area contributed by atoms with Crippen molar-refractivity contribution in [1.29, 1.82) is 0 Å². The molecule has 0 aliphatic rings. The molecule has 4 aromatic rings. The van der Waals surface area contributed by atoms with Gasteiger partial charge in [-0.3, -0.25) is 14.9 Å². The van der Waals surface area contributed by atoms with E-state index in [1.54, 1.807) is 36.5 Å². The first-order valence-corrected chi connectivity index (χ1v) is 10.2. The Balaban J connectivity index is 1.85. The second kappa shape index (κ2) is 8.08. The summed E-state index contributed by atoms with van der Waals surface area (Å²) in [4.78, 5) is 33.1. The fourth-order valence-electron chi connectivity index (χ4n) is 3.15. The number of non-ortho nitro benzene ring substituents is 1. The standard InChI is InChI=1S/C22H18N4O3S/c1-14-10-11-23-20(12-14)25-21(27)18-8-3-4-9-19(18)24-22(25)30-15(2)16-6-5-7-17(13-16)26(28)29/h3-13,15H,1-2H3. The second-order valence-corrected chi connectivity index (χ2v) is 8.16. The molecule has 0 radical (unpaired) electrons. The molecule has 8 heteroatoms. The number of benzene rings is 2. The first kappa shape index (κ1) is 19.8. The van der Waals surface area contributed by atoms with E-state index in [4.69, 9.17) is 4.98 Å². The van der Waals surface area contributed by atoms with Gasteiger partial charge < -0.3 is 0 Å². The molecule has 0 aliphatic carbocycles. The molecule has 7 nitrogen and oxygen atoms in total. The van der Waals surface area contributed by atoms with Crippen LogP contribution in [-0.2, 0) is 0 Å². The van der Waals surface area contributed by atoms with Crippen LogP contribution in [-0.4, -0.2) is 19.5 Å². The van der Waals surface area contributed by atoms with Crippen LogP contribution in [0.1, 0.15) is 23.3 Å². The monoisotopic (exact) mass is 418 g/mol. The van der Waals surface area contributed by atoms with Gasteiger partial charge >= 0.3 is 0 Å². The third kappa shape index (κ3) is 3.81. The summed E-state index contributed by atoms with van der Waals surface area (Å²) in [5.41, 5.74) is 2.18. The van der Waals surface area contributed by atoms with Crippen LogP contribution >= 0.6 is 11.8 Å². The molecule has 0 saturated heterocycles. The summed E-state index contributed by atoms with van der Waals surface area (Å²) in [5, 5.41) is 11.9. The van der Waals surface area contributed by atoms with Gasteiger partial charge in [0.2, 0.25) is 0 Å². The van der Waals surface area contributed by atoms with Crippen molar-refractivity contribution in [3.8, 4) is 5.82 Å². The predicted molar refractivity (Wildman–Crippen MR) is 117 cm³/mol. The Morgan fingerprint density at radius 2 is 1.90 bits per heavy atom. The number of nitro benzene ring substituents is 1. The predicted octanol–water partition coefficient (Wildman–Crippen LogP) is 4.85. The number of para-hydroxylation sites is 1. The first-order valence-electron chi connectivity index (χ1n) is 9.30. The average molecular weight is 418 g/mol. The lowest BCUT2D eigenvalue weighted by molar-refractivity contribution is -0.384. The molecule has 0 bridgehead atoms. The van der Waals surface area contributed by atoms with Gasteiger partial charge in [0, 0.05) is 23.6 Å². The molecule has 1 unspecified atom stereocenters. The van der Waals surface area contributed by atoms with E-state index in [9.17, 15) is 14.9 Å². The number of hydrogen-bond donors (Lipinski definition) is 0. The highest BCUT2D eigenvalue weighted by Crippen LogP contribution is 2.35. The lowest BCUT2D eigenvalue weighted by atomic mass is 10.1. The van der Waals surface area contributed by atoms with Crippen molar-refractivity contribution < 1.29 is 4.92 Å². The summed E-state index contributed by atoms with van der Waals surface area (Å²) in [6, 6.07) is 17.4. The smallest absolute Gasteiger partial charge is 0.268 e. The van der Waals surface area contributed by atoms with E-state index in [0.717, 1.165) is 11.1 Å². The summed E-state index contributed by atoms with van der Waals surface area (Å²) < 4.78 is 1.51. The molecule has 0 fully saturated rings. The number of pyridine rings is 1. The van der Waals surface area contributed by atoms with Gasteiger partial charge in [0.15, 0.2) is 5.16 Å². The van der Waals surface area contributed by atoms with Crippen molar-refractivity contribution in [2.45, 2.75) is 24.3 Å². The van der Waals surface area contributed by atoms with Crippen LogP contribution in [0.25, 0.3) is 16.7 Å². The number of aryl methyl sites for hydroxylation is 1. The lowest BCUT2D eigenvalue weighted by Gasteiger charge is -2.16. The number of nitrogens with zero attached hydrogens (tertiary/aromatic N) is 4. The van der Waals surface area contributed by atoms with E-state index in [2.05, 4.69) is 4.98 Å². The van der Waals surface area contributed by atoms with Gasteiger partial charge in [-0.15, -0.1) is 0 Å². The zero-order valence-corrected chi connectivity index (χ0v) is 17.2. The first-order chi connectivity index (χ1) is 14.4. The van der Waals surface area contributed by atoms with Crippen LogP contribution in [0.3, 0.4) is 0 Å². The van der Waals surface area contributed by atoms with Gasteiger partial charge in [0.1, 0.15) is 5.82 Å². The zero-order chi connectivity index (χ0) is 21.3. The average Bonchev–Trinajstić information content (AvgIpc) is 2.74. The van der Waals surface area contributed by atoms with Crippen molar-refractivity contribution >= 4 is 28.4 Å². The number of nitro groups is 1. The number of fused-ring (bicyclic) bond motifs is 1. The van der Waals surface area contributed by atoms with Gasteiger partial charge in [-0.05, 0) is 49.2 Å². The highest BCUT2D eigenvalue weighted by Gasteiger charge is 2.19. The number of thioether (sulfide) groups is 1. The van der Waals surface area contributed by atoms with E-state index < -0.39 is 4.92 Å². The van der Waals surface area contributed by atoms with Gasteiger partial charge in [-0.2, -0.15) is 0 Å². The molecule has 0 saturated carbocycles. The Kier molecular flexibility index (Phi) is 5.33. The minimum absolute atomic E-state index is 0.0316. The number of aromatic nitrogens is 3. The molecule has 4 rings (SSSR count). The molecule has 0 aliphatic heterocycles. The van der Waals surface area contributed by atoms with Crippen molar-refractivity contribution in [2.75, 3.05) is 0 Å². The van der Waals surface area contributed by atoms with Crippen molar-refractivity contribution in [3.05, 3.63) is 98.5 Å². The minimum atomic E-state index is -0.415. The van der Waals surface area contributed by atoms with Crippen molar-refractivity contribution in [1.82, 2.24) is 14.5 Å². The Morgan fingerprint density at radius 3 is 2.67 bits per heavy atom. The van der Waals surface area contributed by atoms with Crippen LogP contribution in [0.2, 0.25) is 0 Å². The highest BCUT2D eigenvalue weighted by molar-refractivity contribution is 7.99. The fourth-order valence-corrected chi connectivity index (χ4v) is 4.19. The van der Waals surface area contributed by atoms with E-state index >= 15 is 0 Å². The maximum atomic E-state index is 13.3. The molecule has 30 heavy (non-hydrogen) atoms. The quantitative estimate of drug-likeness (QED) is 0.199. The van der Waals surface area contributed by atoms with Gasteiger partial charge in [-0.1, -0.05) is 36.0 Å². The lowest BCUT2D eigenvalue weighted by Crippen LogP contribution is -2.23. The molecular weight excluding hydrogens is 400 g/mol. The Morgan fingerprint density at radius 1 is 1.10 bits per heavy atom. The topological polar surface area (TPSA) is 90.9 Å². The molecule has 2 aromatic heterocycles. The molecule has 0 N–H and O–H groups in total. The number of hydrogen-bond acceptors (Lipinski definition) is 6. The van der Waals surface area contributed by atoms with E-state index in [1.165, 1.54) is 22.4 Å². The van der Waals surface area contributed by atoms with E-state index in [-0.39, 0.29) is 16.5 Å². The maximum absolute atomic E-state index is 13.3. The van der Waals surface area contributed by atoms with Crippen LogP contribution in [0.15, 0.2) is 76.8 Å². The zero-order valence-electron chi connectivity index (χ0n) is 16.4. The molecule has 2 heterocycles. The third-order valence-electron chi connectivity index (χ3n) is 4.71. The van der Waals surface area contributed by atoms with Crippen LogP contribution in [0.4, 0.5) is 5.69 Å². The van der Waals surface area contributed by atoms with E-state index in [0.29, 0.717) is 21.9 Å². The molecule has 0 spiro atoms. The molecule has 0 amide bonds. The van der Waals surface area contributed by atoms with Crippen LogP contribution in [0, 0.1) is 17.0 Å². The van der Waals surface area contributed by atoms with Crippen LogP contribution < -0.4 is 5.56 Å². The van der Waals surface area contributed by atoms with E-state index in [1.807, 2.05) is 38.1 Å². The van der Waals surface area contributed by atoms with Gasteiger partial charge in [-0.25, -0.2) is 14.5 Å². The van der Waals surface area contributed by atoms with Crippen molar-refractivity contribution in [3.63, 3.8) is 0 Å². The van der Waals surface area contributed by atoms with Gasteiger partial charge in [0.05, 0.1) is 15.8 Å². The van der Waals surface area contributed by atoms with Crippen molar-refractivity contribution in [2.24, 2.45) is 0 Å². The SMILES string of the molecule is Cc1ccnc(-n2c(SC(C)c3cccc([N+](=O)[O-])c3)nc3ccccc3c2=O)c1. The largest absolute Gasteiger partial charge is 0.269 e. The summed E-state index contributed by atoms with van der Waals surface area (Å²) in [6.07, 6.45) is 1.66. The Labute approximate surface area is 176 Å². The maximum Gasteiger partial charge on any atom is 0.269 e. The molecular formula is C22H18N4O3S. The Hall–Kier alpha value is -3.52. The molecule has 150 valence electrons. The second-order valence-electron chi connectivity index (χ2n) is 6.86. The normalized spacial score (nSPS) is 12.1. The number of rotatable bonds is 5. The van der Waals surface area contributed by atoms with Crippen LogP contribution in [0.5, 0.6) is 0 Å². The summed E-state index contributed by atoms with van der Waals surface area (Å²) in [5.74, 6) is 0.493. The summed E-state index contributed by atoms with van der Waals surface area (Å²) in [7, 11) is 0. The third-order valence-corrected chi connectivity index (χ3v) is 5.82. The summed E-state index contributed by atoms with van der Waals surface area (Å²) in [6.45, 7) is 3.86. The Bertz CT molecular complexity index is 1320. The highest BCUT2D eigenvalue weighted by atomic mass is 32.2.